The van der Waals surface area contributed by atoms with Gasteiger partial charge in [-0.05, 0) is 32.6 Å². The fourth-order valence-electron chi connectivity index (χ4n) is 2.13. The third-order valence-electron chi connectivity index (χ3n) is 3.25. The maximum absolute atomic E-state index is 12.0. The highest BCUT2D eigenvalue weighted by Crippen LogP contribution is 2.23. The molecule has 94 valence electrons. The molecule has 1 saturated carbocycles. The van der Waals surface area contributed by atoms with Crippen LogP contribution in [-0.2, 0) is 4.79 Å². The molecule has 1 aliphatic rings. The normalized spacial score (nSPS) is 26.5. The average Bonchev–Trinajstić information content (AvgIpc) is 2.83. The van der Waals surface area contributed by atoms with Gasteiger partial charge >= 0.3 is 0 Å². The van der Waals surface area contributed by atoms with Gasteiger partial charge in [0.05, 0.1) is 6.04 Å². The first-order chi connectivity index (χ1) is 8.16. The van der Waals surface area contributed by atoms with Gasteiger partial charge in [-0.1, -0.05) is 5.21 Å². The van der Waals surface area contributed by atoms with Gasteiger partial charge in [-0.15, -0.1) is 10.2 Å². The first-order valence-corrected chi connectivity index (χ1v) is 5.96. The average molecular weight is 238 g/mol. The van der Waals surface area contributed by atoms with Crippen LogP contribution in [0.25, 0.3) is 0 Å². The Morgan fingerprint density at radius 3 is 2.76 bits per heavy atom. The molecule has 0 aliphatic heterocycles. The molecule has 7 heteroatoms. The zero-order chi connectivity index (χ0) is 12.3. The molecule has 1 heterocycles. The fourth-order valence-corrected chi connectivity index (χ4v) is 2.13. The summed E-state index contributed by atoms with van der Waals surface area (Å²) in [6, 6.07) is 0.0468. The number of H-pyrrole nitrogens is 1. The first-order valence-electron chi connectivity index (χ1n) is 5.96. The molecule has 1 aromatic rings. The fraction of sp³-hybridized carbons (Fsp3) is 0.800. The molecule has 2 rings (SSSR count). The van der Waals surface area contributed by atoms with Crippen LogP contribution >= 0.6 is 0 Å². The van der Waals surface area contributed by atoms with Gasteiger partial charge in [0.1, 0.15) is 0 Å². The van der Waals surface area contributed by atoms with E-state index in [0.717, 1.165) is 25.7 Å². The van der Waals surface area contributed by atoms with Crippen LogP contribution in [0.2, 0.25) is 0 Å². The SMILES string of the molecule is CC(NC(=O)C1CCC(N)CC1)c1nn[nH]n1. The topological polar surface area (TPSA) is 110 Å². The number of rotatable bonds is 3. The van der Waals surface area contributed by atoms with Crippen molar-refractivity contribution in [3.05, 3.63) is 5.82 Å². The largest absolute Gasteiger partial charge is 0.346 e. The molecule has 0 radical (unpaired) electrons. The summed E-state index contributed by atoms with van der Waals surface area (Å²) in [5.41, 5.74) is 5.81. The first kappa shape index (κ1) is 12.0. The predicted molar refractivity (Wildman–Crippen MR) is 60.7 cm³/mol. The Balaban J connectivity index is 1.85. The van der Waals surface area contributed by atoms with E-state index in [4.69, 9.17) is 5.73 Å². The molecule has 1 fully saturated rings. The van der Waals surface area contributed by atoms with Crippen LogP contribution in [0, 0.1) is 5.92 Å². The maximum atomic E-state index is 12.0. The van der Waals surface area contributed by atoms with Crippen molar-refractivity contribution in [3.8, 4) is 0 Å². The summed E-state index contributed by atoms with van der Waals surface area (Å²) in [5.74, 6) is 0.643. The summed E-state index contributed by atoms with van der Waals surface area (Å²) in [5, 5.41) is 16.4. The predicted octanol–water partition coefficient (Wildman–Crippen LogP) is -0.106. The second-order valence-electron chi connectivity index (χ2n) is 4.61. The number of carbonyl (C=O) groups is 1. The molecule has 1 aromatic heterocycles. The van der Waals surface area contributed by atoms with E-state index < -0.39 is 0 Å². The summed E-state index contributed by atoms with van der Waals surface area (Å²) < 4.78 is 0. The van der Waals surface area contributed by atoms with Crippen LogP contribution in [0.1, 0.15) is 44.5 Å². The quantitative estimate of drug-likeness (QED) is 0.681. The van der Waals surface area contributed by atoms with Crippen LogP contribution < -0.4 is 11.1 Å². The van der Waals surface area contributed by atoms with Crippen molar-refractivity contribution in [1.29, 1.82) is 0 Å². The van der Waals surface area contributed by atoms with Crippen molar-refractivity contribution < 1.29 is 4.79 Å². The molecule has 0 bridgehead atoms. The van der Waals surface area contributed by atoms with Gasteiger partial charge in [-0.25, -0.2) is 0 Å². The highest BCUT2D eigenvalue weighted by atomic mass is 16.1. The molecule has 0 saturated heterocycles. The zero-order valence-corrected chi connectivity index (χ0v) is 9.89. The number of hydrogen-bond acceptors (Lipinski definition) is 5. The van der Waals surface area contributed by atoms with Gasteiger partial charge in [-0.2, -0.15) is 5.21 Å². The van der Waals surface area contributed by atoms with Crippen LogP contribution in [0.15, 0.2) is 0 Å². The van der Waals surface area contributed by atoms with Crippen LogP contribution in [-0.4, -0.2) is 32.6 Å². The number of tetrazole rings is 1. The summed E-state index contributed by atoms with van der Waals surface area (Å²) in [4.78, 5) is 12.0. The highest BCUT2D eigenvalue weighted by molar-refractivity contribution is 5.79. The van der Waals surface area contributed by atoms with E-state index >= 15 is 0 Å². The van der Waals surface area contributed by atoms with E-state index in [-0.39, 0.29) is 23.9 Å². The third kappa shape index (κ3) is 3.00. The van der Waals surface area contributed by atoms with Crippen molar-refractivity contribution in [2.45, 2.75) is 44.7 Å². The molecule has 1 amide bonds. The molecule has 1 unspecified atom stereocenters. The van der Waals surface area contributed by atoms with E-state index in [1.165, 1.54) is 0 Å². The standard InChI is InChI=1S/C10H18N6O/c1-6(9-13-15-16-14-9)12-10(17)7-2-4-8(11)5-3-7/h6-8H,2-5,11H2,1H3,(H,12,17)(H,13,14,15,16). The summed E-state index contributed by atoms with van der Waals surface area (Å²) >= 11 is 0. The summed E-state index contributed by atoms with van der Waals surface area (Å²) in [6.07, 6.45) is 3.58. The molecule has 0 aromatic carbocycles. The molecule has 17 heavy (non-hydrogen) atoms. The number of amides is 1. The van der Waals surface area contributed by atoms with Crippen LogP contribution in [0.4, 0.5) is 0 Å². The molecule has 0 spiro atoms. The Labute approximate surface area is 99.5 Å². The lowest BCUT2D eigenvalue weighted by Crippen LogP contribution is -2.37. The van der Waals surface area contributed by atoms with E-state index in [2.05, 4.69) is 25.9 Å². The minimum atomic E-state index is -0.211. The number of aromatic nitrogens is 4. The van der Waals surface area contributed by atoms with Gasteiger partial charge in [0, 0.05) is 12.0 Å². The van der Waals surface area contributed by atoms with E-state index in [1.807, 2.05) is 6.92 Å². The van der Waals surface area contributed by atoms with E-state index in [1.54, 1.807) is 0 Å². The van der Waals surface area contributed by atoms with Crippen LogP contribution in [0.5, 0.6) is 0 Å². The van der Waals surface area contributed by atoms with Gasteiger partial charge in [-0.3, -0.25) is 4.79 Å². The number of nitrogens with two attached hydrogens (primary N) is 1. The zero-order valence-electron chi connectivity index (χ0n) is 9.89. The maximum Gasteiger partial charge on any atom is 0.223 e. The van der Waals surface area contributed by atoms with Gasteiger partial charge in [0.2, 0.25) is 5.91 Å². The second-order valence-corrected chi connectivity index (χ2v) is 4.61. The number of nitrogens with one attached hydrogen (secondary N) is 2. The van der Waals surface area contributed by atoms with E-state index in [0.29, 0.717) is 5.82 Å². The lowest BCUT2D eigenvalue weighted by molar-refractivity contribution is -0.126. The summed E-state index contributed by atoms with van der Waals surface area (Å²) in [7, 11) is 0. The lowest BCUT2D eigenvalue weighted by Gasteiger charge is -2.25. The highest BCUT2D eigenvalue weighted by Gasteiger charge is 2.26. The second kappa shape index (κ2) is 5.22. The number of aromatic amines is 1. The Morgan fingerprint density at radius 1 is 1.47 bits per heavy atom. The van der Waals surface area contributed by atoms with Crippen molar-refractivity contribution in [1.82, 2.24) is 25.9 Å². The number of nitrogens with zero attached hydrogens (tertiary/aromatic N) is 3. The third-order valence-corrected chi connectivity index (χ3v) is 3.25. The minimum Gasteiger partial charge on any atom is -0.346 e. The minimum absolute atomic E-state index is 0.0641. The van der Waals surface area contributed by atoms with Crippen molar-refractivity contribution in [3.63, 3.8) is 0 Å². The molecule has 4 N–H and O–H groups in total. The van der Waals surface area contributed by atoms with Crippen molar-refractivity contribution in [2.75, 3.05) is 0 Å². The molecule has 1 atom stereocenters. The smallest absolute Gasteiger partial charge is 0.223 e. The van der Waals surface area contributed by atoms with Gasteiger partial charge in [0.15, 0.2) is 5.82 Å². The molecular weight excluding hydrogens is 220 g/mol. The van der Waals surface area contributed by atoms with Crippen molar-refractivity contribution in [2.24, 2.45) is 11.7 Å². The Kier molecular flexibility index (Phi) is 3.68. The van der Waals surface area contributed by atoms with Gasteiger partial charge in [0.25, 0.3) is 0 Å². The van der Waals surface area contributed by atoms with Gasteiger partial charge < -0.3 is 11.1 Å². The van der Waals surface area contributed by atoms with E-state index in [9.17, 15) is 4.79 Å². The Bertz CT molecular complexity index is 357. The number of carbonyl (C=O) groups excluding carboxylic acids is 1. The lowest BCUT2D eigenvalue weighted by atomic mass is 9.86. The molecule has 1 aliphatic carbocycles. The molecular formula is C10H18N6O. The molecule has 7 nitrogen and oxygen atoms in total. The number of hydrogen-bond donors (Lipinski definition) is 3. The Morgan fingerprint density at radius 2 is 2.18 bits per heavy atom. The Hall–Kier alpha value is -1.50. The monoisotopic (exact) mass is 238 g/mol. The summed E-state index contributed by atoms with van der Waals surface area (Å²) in [6.45, 7) is 1.84. The van der Waals surface area contributed by atoms with Crippen LogP contribution in [0.3, 0.4) is 0 Å². The van der Waals surface area contributed by atoms with Crippen molar-refractivity contribution >= 4 is 5.91 Å².